The number of nitrogens with zero attached hydrogens (tertiary/aromatic N) is 3. The maximum absolute atomic E-state index is 12.3. The Labute approximate surface area is 118 Å². The summed E-state index contributed by atoms with van der Waals surface area (Å²) < 4.78 is 0. The highest BCUT2D eigenvalue weighted by Gasteiger charge is 2.23. The number of pyridine rings is 1. The Morgan fingerprint density at radius 3 is 2.45 bits per heavy atom. The van der Waals surface area contributed by atoms with Crippen molar-refractivity contribution in [1.82, 2.24) is 14.8 Å². The summed E-state index contributed by atoms with van der Waals surface area (Å²) in [6, 6.07) is 3.37. The molecule has 0 atom stereocenters. The highest BCUT2D eigenvalue weighted by atomic mass is 16.4. The molecule has 2 rings (SSSR count). The molecule has 0 unspecified atom stereocenters. The van der Waals surface area contributed by atoms with E-state index >= 15 is 0 Å². The van der Waals surface area contributed by atoms with Crippen LogP contribution in [0.1, 0.15) is 34.7 Å². The molecule has 108 valence electrons. The number of carboxylic acids is 1. The van der Waals surface area contributed by atoms with Gasteiger partial charge in [0.15, 0.2) is 0 Å². The molecule has 0 bridgehead atoms. The van der Waals surface area contributed by atoms with E-state index in [0.717, 1.165) is 13.1 Å². The van der Waals surface area contributed by atoms with Crippen molar-refractivity contribution in [2.45, 2.75) is 19.9 Å². The molecule has 1 aliphatic rings. The average Bonchev–Trinajstić information content (AvgIpc) is 2.46. The molecule has 2 heterocycles. The zero-order valence-corrected chi connectivity index (χ0v) is 11.7. The third-order valence-electron chi connectivity index (χ3n) is 3.56. The number of aromatic nitrogens is 1. The predicted octanol–water partition coefficient (Wildman–Crippen LogP) is 0.946. The van der Waals surface area contributed by atoms with Crippen LogP contribution in [0, 0.1) is 0 Å². The first-order valence-electron chi connectivity index (χ1n) is 6.71. The van der Waals surface area contributed by atoms with E-state index in [9.17, 15) is 9.59 Å². The van der Waals surface area contributed by atoms with E-state index in [2.05, 4.69) is 23.7 Å². The molecule has 1 amide bonds. The van der Waals surface area contributed by atoms with Crippen molar-refractivity contribution < 1.29 is 14.7 Å². The van der Waals surface area contributed by atoms with Crippen LogP contribution in [0.15, 0.2) is 18.3 Å². The van der Waals surface area contributed by atoms with Gasteiger partial charge >= 0.3 is 5.97 Å². The van der Waals surface area contributed by atoms with Gasteiger partial charge < -0.3 is 10.0 Å². The van der Waals surface area contributed by atoms with Crippen molar-refractivity contribution >= 4 is 11.9 Å². The summed E-state index contributed by atoms with van der Waals surface area (Å²) in [5.41, 5.74) is 0.284. The van der Waals surface area contributed by atoms with Crippen molar-refractivity contribution in [3.8, 4) is 0 Å². The van der Waals surface area contributed by atoms with E-state index in [0.29, 0.717) is 24.7 Å². The average molecular weight is 277 g/mol. The van der Waals surface area contributed by atoms with Crippen molar-refractivity contribution in [3.63, 3.8) is 0 Å². The van der Waals surface area contributed by atoms with Gasteiger partial charge in [0.1, 0.15) is 5.69 Å². The lowest BCUT2D eigenvalue weighted by Crippen LogP contribution is -2.50. The molecular formula is C14H19N3O3. The largest absolute Gasteiger partial charge is 0.477 e. The van der Waals surface area contributed by atoms with Crippen LogP contribution in [0.4, 0.5) is 0 Å². The first-order chi connectivity index (χ1) is 9.49. The van der Waals surface area contributed by atoms with Gasteiger partial charge in [0.05, 0.1) is 0 Å². The molecule has 0 aromatic carbocycles. The summed E-state index contributed by atoms with van der Waals surface area (Å²) in [4.78, 5) is 31.0. The molecular weight excluding hydrogens is 258 g/mol. The Morgan fingerprint density at radius 1 is 1.25 bits per heavy atom. The summed E-state index contributed by atoms with van der Waals surface area (Å²) >= 11 is 0. The van der Waals surface area contributed by atoms with E-state index in [1.807, 2.05) is 0 Å². The molecule has 0 radical (unpaired) electrons. The fourth-order valence-electron chi connectivity index (χ4n) is 2.30. The standard InChI is InChI=1S/C14H19N3O3/c1-10(2)16-5-7-17(8-6-16)13(18)11-3-4-15-12(9-11)14(19)20/h3-4,9-10H,5-8H2,1-2H3,(H,19,20). The smallest absolute Gasteiger partial charge is 0.354 e. The van der Waals surface area contributed by atoms with Gasteiger partial charge in [-0.15, -0.1) is 0 Å². The topological polar surface area (TPSA) is 73.7 Å². The van der Waals surface area contributed by atoms with Gasteiger partial charge in [0.2, 0.25) is 0 Å². The highest BCUT2D eigenvalue weighted by Crippen LogP contribution is 2.11. The van der Waals surface area contributed by atoms with Gasteiger partial charge in [0, 0.05) is 44.0 Å². The normalized spacial score (nSPS) is 16.4. The Kier molecular flexibility index (Phi) is 4.34. The molecule has 1 N–H and O–H groups in total. The van der Waals surface area contributed by atoms with Crippen LogP contribution in [-0.2, 0) is 0 Å². The number of carbonyl (C=O) groups is 2. The number of aromatic carboxylic acids is 1. The van der Waals surface area contributed by atoms with Crippen LogP contribution >= 0.6 is 0 Å². The van der Waals surface area contributed by atoms with E-state index in [1.54, 1.807) is 11.0 Å². The van der Waals surface area contributed by atoms with Crippen LogP contribution in [0.5, 0.6) is 0 Å². The number of carboxylic acid groups (broad SMARTS) is 1. The van der Waals surface area contributed by atoms with Gasteiger partial charge in [-0.25, -0.2) is 9.78 Å². The molecule has 1 aromatic heterocycles. The van der Waals surface area contributed by atoms with Crippen molar-refractivity contribution in [1.29, 1.82) is 0 Å². The Bertz CT molecular complexity index is 508. The van der Waals surface area contributed by atoms with Crippen LogP contribution < -0.4 is 0 Å². The van der Waals surface area contributed by atoms with Crippen molar-refractivity contribution in [2.24, 2.45) is 0 Å². The van der Waals surface area contributed by atoms with Gasteiger partial charge in [-0.1, -0.05) is 0 Å². The Hall–Kier alpha value is -1.95. The summed E-state index contributed by atoms with van der Waals surface area (Å²) in [5.74, 6) is -1.25. The van der Waals surface area contributed by atoms with Crippen LogP contribution in [0.2, 0.25) is 0 Å². The molecule has 0 spiro atoms. The lowest BCUT2D eigenvalue weighted by Gasteiger charge is -2.36. The van der Waals surface area contributed by atoms with Gasteiger partial charge in [-0.3, -0.25) is 9.69 Å². The third kappa shape index (κ3) is 3.14. The quantitative estimate of drug-likeness (QED) is 0.890. The SMILES string of the molecule is CC(C)N1CCN(C(=O)c2ccnc(C(=O)O)c2)CC1. The minimum atomic E-state index is -1.12. The van der Waals surface area contributed by atoms with Crippen molar-refractivity contribution in [2.75, 3.05) is 26.2 Å². The lowest BCUT2D eigenvalue weighted by molar-refractivity contribution is 0.0595. The summed E-state index contributed by atoms with van der Waals surface area (Å²) in [7, 11) is 0. The molecule has 6 nitrogen and oxygen atoms in total. The monoisotopic (exact) mass is 277 g/mol. The second-order valence-electron chi connectivity index (χ2n) is 5.16. The number of hydrogen-bond donors (Lipinski definition) is 1. The Balaban J connectivity index is 2.05. The summed E-state index contributed by atoms with van der Waals surface area (Å²) in [5, 5.41) is 8.90. The summed E-state index contributed by atoms with van der Waals surface area (Å²) in [6.07, 6.45) is 1.36. The maximum Gasteiger partial charge on any atom is 0.354 e. The number of amides is 1. The molecule has 0 aliphatic carbocycles. The fraction of sp³-hybridized carbons (Fsp3) is 0.500. The first-order valence-corrected chi connectivity index (χ1v) is 6.71. The minimum Gasteiger partial charge on any atom is -0.477 e. The second kappa shape index (κ2) is 6.00. The summed E-state index contributed by atoms with van der Waals surface area (Å²) in [6.45, 7) is 7.31. The van der Waals surface area contributed by atoms with Crippen molar-refractivity contribution in [3.05, 3.63) is 29.6 Å². The highest BCUT2D eigenvalue weighted by molar-refractivity contribution is 5.96. The molecule has 0 saturated carbocycles. The number of hydrogen-bond acceptors (Lipinski definition) is 4. The number of piperazine rings is 1. The Morgan fingerprint density at radius 2 is 1.90 bits per heavy atom. The molecule has 20 heavy (non-hydrogen) atoms. The van der Waals surface area contributed by atoms with Crippen LogP contribution in [0.3, 0.4) is 0 Å². The fourth-order valence-corrected chi connectivity index (χ4v) is 2.30. The van der Waals surface area contributed by atoms with Gasteiger partial charge in [0.25, 0.3) is 5.91 Å². The van der Waals surface area contributed by atoms with Crippen LogP contribution in [-0.4, -0.2) is 64.0 Å². The third-order valence-corrected chi connectivity index (χ3v) is 3.56. The van der Waals surface area contributed by atoms with E-state index in [4.69, 9.17) is 5.11 Å². The predicted molar refractivity (Wildman–Crippen MR) is 73.8 cm³/mol. The van der Waals surface area contributed by atoms with Crippen LogP contribution in [0.25, 0.3) is 0 Å². The van der Waals surface area contributed by atoms with Gasteiger partial charge in [-0.05, 0) is 26.0 Å². The number of carbonyl (C=O) groups excluding carboxylic acids is 1. The van der Waals surface area contributed by atoms with E-state index in [-0.39, 0.29) is 11.6 Å². The minimum absolute atomic E-state index is 0.100. The molecule has 1 saturated heterocycles. The van der Waals surface area contributed by atoms with Gasteiger partial charge in [-0.2, -0.15) is 0 Å². The first kappa shape index (κ1) is 14.5. The number of rotatable bonds is 3. The van der Waals surface area contributed by atoms with E-state index in [1.165, 1.54) is 12.3 Å². The lowest BCUT2D eigenvalue weighted by atomic mass is 10.1. The zero-order valence-electron chi connectivity index (χ0n) is 11.7. The van der Waals surface area contributed by atoms with E-state index < -0.39 is 5.97 Å². The molecule has 1 aromatic rings. The zero-order chi connectivity index (χ0) is 14.7. The molecule has 1 fully saturated rings. The second-order valence-corrected chi connectivity index (χ2v) is 5.16. The molecule has 6 heteroatoms. The maximum atomic E-state index is 12.3. The molecule has 1 aliphatic heterocycles.